The molecule has 0 spiro atoms. The van der Waals surface area contributed by atoms with Crippen LogP contribution >= 0.6 is 11.6 Å². The third-order valence-corrected chi connectivity index (χ3v) is 3.05. The Kier molecular flexibility index (Phi) is 3.07. The number of imide groups is 1. The number of hydrogen-bond donors (Lipinski definition) is 1. The summed E-state index contributed by atoms with van der Waals surface area (Å²) < 4.78 is 0. The first-order valence-electron chi connectivity index (χ1n) is 5.41. The zero-order valence-corrected chi connectivity index (χ0v) is 10.4. The number of amides is 3. The normalized spacial score (nSPS) is 20.0. The molecule has 1 aromatic carbocycles. The third-order valence-electron chi connectivity index (χ3n) is 2.73. The second kappa shape index (κ2) is 4.37. The number of halogens is 1. The molecule has 90 valence electrons. The van der Waals surface area contributed by atoms with Gasteiger partial charge < -0.3 is 5.32 Å². The number of nitrogens with one attached hydrogen (secondary N) is 1. The van der Waals surface area contributed by atoms with Gasteiger partial charge in [-0.25, -0.2) is 9.69 Å². The van der Waals surface area contributed by atoms with Gasteiger partial charge >= 0.3 is 6.03 Å². The SMILES string of the molecule is CC(C)C1NC(=O)N(c2ccccc2Cl)C1=O. The van der Waals surface area contributed by atoms with Crippen LogP contribution in [0.15, 0.2) is 24.3 Å². The fourth-order valence-electron chi connectivity index (χ4n) is 1.81. The molecular weight excluding hydrogens is 240 g/mol. The number of carbonyl (C=O) groups excluding carboxylic acids is 2. The van der Waals surface area contributed by atoms with Crippen LogP contribution in [0.3, 0.4) is 0 Å². The highest BCUT2D eigenvalue weighted by molar-refractivity contribution is 6.35. The maximum atomic E-state index is 12.1. The molecule has 0 aromatic heterocycles. The molecule has 2 rings (SSSR count). The quantitative estimate of drug-likeness (QED) is 0.822. The summed E-state index contributed by atoms with van der Waals surface area (Å²) in [6, 6.07) is 5.91. The smallest absolute Gasteiger partial charge is 0.325 e. The predicted octanol–water partition coefficient (Wildman–Crippen LogP) is 2.42. The minimum Gasteiger partial charge on any atom is -0.325 e. The van der Waals surface area contributed by atoms with Crippen LogP contribution in [0.4, 0.5) is 10.5 Å². The molecule has 1 unspecified atom stereocenters. The average molecular weight is 253 g/mol. The van der Waals surface area contributed by atoms with Crippen molar-refractivity contribution < 1.29 is 9.59 Å². The Hall–Kier alpha value is -1.55. The molecule has 1 aromatic rings. The van der Waals surface area contributed by atoms with Crippen LogP contribution in [0, 0.1) is 5.92 Å². The van der Waals surface area contributed by atoms with Gasteiger partial charge in [0, 0.05) is 0 Å². The van der Waals surface area contributed by atoms with Crippen molar-refractivity contribution in [3.05, 3.63) is 29.3 Å². The molecule has 0 saturated carbocycles. The van der Waals surface area contributed by atoms with Crippen molar-refractivity contribution in [1.82, 2.24) is 5.32 Å². The van der Waals surface area contributed by atoms with Gasteiger partial charge in [-0.15, -0.1) is 0 Å². The van der Waals surface area contributed by atoms with E-state index in [1.54, 1.807) is 24.3 Å². The highest BCUT2D eigenvalue weighted by atomic mass is 35.5. The fraction of sp³-hybridized carbons (Fsp3) is 0.333. The Bertz CT molecular complexity index is 473. The first-order valence-corrected chi connectivity index (χ1v) is 5.79. The van der Waals surface area contributed by atoms with E-state index >= 15 is 0 Å². The minimum absolute atomic E-state index is 0.0546. The summed E-state index contributed by atoms with van der Waals surface area (Å²) in [6.45, 7) is 3.78. The van der Waals surface area contributed by atoms with Crippen molar-refractivity contribution in [3.8, 4) is 0 Å². The van der Waals surface area contributed by atoms with E-state index in [1.807, 2.05) is 13.8 Å². The van der Waals surface area contributed by atoms with Gasteiger partial charge in [-0.2, -0.15) is 0 Å². The molecule has 1 N–H and O–H groups in total. The molecule has 1 fully saturated rings. The van der Waals surface area contributed by atoms with Crippen molar-refractivity contribution in [2.45, 2.75) is 19.9 Å². The third kappa shape index (κ3) is 2.00. The van der Waals surface area contributed by atoms with Crippen LogP contribution in [0.25, 0.3) is 0 Å². The maximum Gasteiger partial charge on any atom is 0.329 e. The molecule has 1 atom stereocenters. The van der Waals surface area contributed by atoms with Crippen LogP contribution in [-0.2, 0) is 4.79 Å². The Labute approximate surface area is 105 Å². The van der Waals surface area contributed by atoms with Gasteiger partial charge in [0.2, 0.25) is 0 Å². The number of nitrogens with zero attached hydrogens (tertiary/aromatic N) is 1. The summed E-state index contributed by atoms with van der Waals surface area (Å²) in [6.07, 6.45) is 0. The first kappa shape index (κ1) is 11.9. The lowest BCUT2D eigenvalue weighted by atomic mass is 10.0. The average Bonchev–Trinajstić information content (AvgIpc) is 2.56. The molecule has 17 heavy (non-hydrogen) atoms. The highest BCUT2D eigenvalue weighted by Crippen LogP contribution is 2.28. The number of para-hydroxylation sites is 1. The van der Waals surface area contributed by atoms with E-state index in [0.29, 0.717) is 10.7 Å². The molecule has 0 aliphatic carbocycles. The number of hydrogen-bond acceptors (Lipinski definition) is 2. The molecule has 0 radical (unpaired) electrons. The van der Waals surface area contributed by atoms with Crippen LogP contribution in [0.5, 0.6) is 0 Å². The number of urea groups is 1. The van der Waals surface area contributed by atoms with E-state index in [9.17, 15) is 9.59 Å². The number of benzene rings is 1. The van der Waals surface area contributed by atoms with Gasteiger partial charge in [-0.1, -0.05) is 37.6 Å². The molecule has 5 heteroatoms. The van der Waals surface area contributed by atoms with Crippen LogP contribution in [-0.4, -0.2) is 18.0 Å². The topological polar surface area (TPSA) is 49.4 Å². The lowest BCUT2D eigenvalue weighted by Gasteiger charge is -2.15. The van der Waals surface area contributed by atoms with Crippen molar-refractivity contribution in [1.29, 1.82) is 0 Å². The number of carbonyl (C=O) groups is 2. The van der Waals surface area contributed by atoms with Crippen molar-refractivity contribution in [2.24, 2.45) is 5.92 Å². The van der Waals surface area contributed by atoms with Crippen LogP contribution in [0.2, 0.25) is 5.02 Å². The monoisotopic (exact) mass is 252 g/mol. The van der Waals surface area contributed by atoms with Gasteiger partial charge in [0.15, 0.2) is 0 Å². The van der Waals surface area contributed by atoms with E-state index in [1.165, 1.54) is 0 Å². The van der Waals surface area contributed by atoms with E-state index in [0.717, 1.165) is 4.90 Å². The molecule has 4 nitrogen and oxygen atoms in total. The zero-order chi connectivity index (χ0) is 12.6. The number of anilines is 1. The minimum atomic E-state index is -0.473. The maximum absolute atomic E-state index is 12.1. The van der Waals surface area contributed by atoms with E-state index in [4.69, 9.17) is 11.6 Å². The lowest BCUT2D eigenvalue weighted by molar-refractivity contribution is -0.119. The summed E-state index contributed by atoms with van der Waals surface area (Å²) >= 11 is 5.99. The lowest BCUT2D eigenvalue weighted by Crippen LogP contribution is -2.34. The summed E-state index contributed by atoms with van der Waals surface area (Å²) in [5.41, 5.74) is 0.430. The zero-order valence-electron chi connectivity index (χ0n) is 9.61. The van der Waals surface area contributed by atoms with Crippen molar-refractivity contribution >= 4 is 29.2 Å². The molecule has 1 heterocycles. The highest BCUT2D eigenvalue weighted by Gasteiger charge is 2.41. The van der Waals surface area contributed by atoms with Gasteiger partial charge in [0.05, 0.1) is 10.7 Å². The molecule has 1 aliphatic heterocycles. The molecule has 1 saturated heterocycles. The second-order valence-electron chi connectivity index (χ2n) is 4.30. The summed E-state index contributed by atoms with van der Waals surface area (Å²) in [4.78, 5) is 25.0. The molecular formula is C12H13ClN2O2. The van der Waals surface area contributed by atoms with Gasteiger partial charge in [-0.05, 0) is 18.1 Å². The summed E-state index contributed by atoms with van der Waals surface area (Å²) in [7, 11) is 0. The summed E-state index contributed by atoms with van der Waals surface area (Å²) in [5.74, 6) is -0.197. The van der Waals surface area contributed by atoms with E-state index < -0.39 is 12.1 Å². The Morgan fingerprint density at radius 2 is 1.94 bits per heavy atom. The Morgan fingerprint density at radius 3 is 2.47 bits per heavy atom. The molecule has 1 aliphatic rings. The second-order valence-corrected chi connectivity index (χ2v) is 4.70. The van der Waals surface area contributed by atoms with E-state index in [2.05, 4.69) is 5.32 Å². The fourth-order valence-corrected chi connectivity index (χ4v) is 2.03. The van der Waals surface area contributed by atoms with E-state index in [-0.39, 0.29) is 11.8 Å². The van der Waals surface area contributed by atoms with Crippen LogP contribution < -0.4 is 10.2 Å². The Balaban J connectivity index is 2.38. The Morgan fingerprint density at radius 1 is 1.29 bits per heavy atom. The van der Waals surface area contributed by atoms with Crippen molar-refractivity contribution in [2.75, 3.05) is 4.90 Å². The number of rotatable bonds is 2. The molecule has 3 amide bonds. The van der Waals surface area contributed by atoms with Gasteiger partial charge in [0.1, 0.15) is 6.04 Å². The summed E-state index contributed by atoms with van der Waals surface area (Å²) in [5, 5.41) is 3.05. The van der Waals surface area contributed by atoms with Gasteiger partial charge in [0.25, 0.3) is 5.91 Å². The van der Waals surface area contributed by atoms with Crippen molar-refractivity contribution in [3.63, 3.8) is 0 Å². The molecule has 0 bridgehead atoms. The standard InChI is InChI=1S/C12H13ClN2O2/c1-7(2)10-11(16)15(12(17)14-10)9-6-4-3-5-8(9)13/h3-7,10H,1-2H3,(H,14,17). The predicted molar refractivity (Wildman–Crippen MR) is 66.1 cm³/mol. The first-order chi connectivity index (χ1) is 8.02. The van der Waals surface area contributed by atoms with Gasteiger partial charge in [-0.3, -0.25) is 4.79 Å². The largest absolute Gasteiger partial charge is 0.329 e. The van der Waals surface area contributed by atoms with Crippen LogP contribution in [0.1, 0.15) is 13.8 Å².